The fraction of sp³-hybridized carbons (Fsp3) is 0.909. The molecule has 0 aromatic carbocycles. The highest BCUT2D eigenvalue weighted by molar-refractivity contribution is 6.30. The van der Waals surface area contributed by atoms with Crippen molar-refractivity contribution in [1.29, 1.82) is 0 Å². The molecule has 1 amide bonds. The van der Waals surface area contributed by atoms with E-state index in [0.29, 0.717) is 12.5 Å². The van der Waals surface area contributed by atoms with Crippen LogP contribution in [0.15, 0.2) is 0 Å². The van der Waals surface area contributed by atoms with E-state index >= 15 is 0 Å². The number of carbonyl (C=O) groups is 1. The van der Waals surface area contributed by atoms with Gasteiger partial charge in [0.2, 0.25) is 5.91 Å². The summed E-state index contributed by atoms with van der Waals surface area (Å²) in [7, 11) is 1.70. The minimum atomic E-state index is -0.429. The molecule has 4 heteroatoms. The van der Waals surface area contributed by atoms with Gasteiger partial charge in [-0.1, -0.05) is 13.8 Å². The van der Waals surface area contributed by atoms with Gasteiger partial charge in [0.1, 0.15) is 5.38 Å². The Morgan fingerprint density at radius 1 is 1.67 bits per heavy atom. The van der Waals surface area contributed by atoms with Crippen molar-refractivity contribution in [1.82, 2.24) is 4.90 Å². The average molecular weight is 234 g/mol. The lowest BCUT2D eigenvalue weighted by atomic mass is 9.83. The molecule has 0 radical (unpaired) electrons. The van der Waals surface area contributed by atoms with E-state index in [1.54, 1.807) is 14.0 Å². The number of ether oxygens (including phenoxy) is 1. The fourth-order valence-electron chi connectivity index (χ4n) is 2.10. The Morgan fingerprint density at radius 2 is 2.27 bits per heavy atom. The molecular weight excluding hydrogens is 214 g/mol. The average Bonchev–Trinajstić information content (AvgIpc) is 2.41. The molecule has 0 unspecified atom stereocenters. The lowest BCUT2D eigenvalue weighted by Crippen LogP contribution is -2.34. The number of amides is 1. The Balaban J connectivity index is 2.65. The van der Waals surface area contributed by atoms with Gasteiger partial charge < -0.3 is 9.64 Å². The summed E-state index contributed by atoms with van der Waals surface area (Å²) in [5.74, 6) is 0.435. The topological polar surface area (TPSA) is 29.5 Å². The zero-order valence-corrected chi connectivity index (χ0v) is 10.7. The number of carbonyl (C=O) groups excluding carboxylic acids is 1. The first-order valence-corrected chi connectivity index (χ1v) is 5.74. The van der Waals surface area contributed by atoms with E-state index in [9.17, 15) is 4.79 Å². The molecule has 1 saturated heterocycles. The zero-order valence-electron chi connectivity index (χ0n) is 9.92. The second kappa shape index (κ2) is 4.71. The molecule has 3 nitrogen and oxygen atoms in total. The molecule has 0 aliphatic carbocycles. The van der Waals surface area contributed by atoms with Crippen LogP contribution in [0, 0.1) is 11.3 Å². The van der Waals surface area contributed by atoms with Crippen LogP contribution in [0.25, 0.3) is 0 Å². The molecule has 1 rings (SSSR count). The third-order valence-corrected chi connectivity index (χ3v) is 3.35. The van der Waals surface area contributed by atoms with Gasteiger partial charge in [-0.3, -0.25) is 4.79 Å². The molecule has 1 fully saturated rings. The third kappa shape index (κ3) is 2.85. The smallest absolute Gasteiger partial charge is 0.240 e. The van der Waals surface area contributed by atoms with Crippen LogP contribution in [0.1, 0.15) is 20.8 Å². The second-order valence-corrected chi connectivity index (χ2v) is 5.63. The molecule has 0 N–H and O–H groups in total. The summed E-state index contributed by atoms with van der Waals surface area (Å²) in [4.78, 5) is 13.6. The highest BCUT2D eigenvalue weighted by atomic mass is 35.5. The summed E-state index contributed by atoms with van der Waals surface area (Å²) in [6, 6.07) is 0. The largest absolute Gasteiger partial charge is 0.384 e. The molecule has 0 aromatic heterocycles. The predicted octanol–water partition coefficient (Wildman–Crippen LogP) is 1.74. The van der Waals surface area contributed by atoms with E-state index in [0.717, 1.165) is 13.1 Å². The highest BCUT2D eigenvalue weighted by Gasteiger charge is 2.41. The Bertz CT molecular complexity index is 241. The van der Waals surface area contributed by atoms with E-state index < -0.39 is 5.38 Å². The fourth-order valence-corrected chi connectivity index (χ4v) is 2.24. The normalized spacial score (nSPS) is 26.7. The van der Waals surface area contributed by atoms with Gasteiger partial charge in [0, 0.05) is 26.1 Å². The number of nitrogens with zero attached hydrogens (tertiary/aromatic N) is 1. The number of hydrogen-bond donors (Lipinski definition) is 0. The number of likely N-dealkylation sites (tertiary alicyclic amines) is 1. The maximum atomic E-state index is 11.7. The molecule has 1 heterocycles. The van der Waals surface area contributed by atoms with Crippen molar-refractivity contribution >= 4 is 17.5 Å². The molecule has 1 aliphatic rings. The SMILES string of the molecule is COC[C@@H]1CN(C(=O)[C@@H](C)Cl)CC1(C)C. The van der Waals surface area contributed by atoms with Crippen LogP contribution in [0.2, 0.25) is 0 Å². The van der Waals surface area contributed by atoms with Crippen LogP contribution in [0.4, 0.5) is 0 Å². The highest BCUT2D eigenvalue weighted by Crippen LogP contribution is 2.35. The third-order valence-electron chi connectivity index (χ3n) is 3.16. The van der Waals surface area contributed by atoms with Gasteiger partial charge >= 0.3 is 0 Å². The first-order valence-electron chi connectivity index (χ1n) is 5.30. The van der Waals surface area contributed by atoms with Crippen LogP contribution in [0.3, 0.4) is 0 Å². The van der Waals surface area contributed by atoms with Gasteiger partial charge in [-0.2, -0.15) is 0 Å². The summed E-state index contributed by atoms with van der Waals surface area (Å²) in [5.41, 5.74) is 0.122. The number of rotatable bonds is 3. The number of hydrogen-bond acceptors (Lipinski definition) is 2. The van der Waals surface area contributed by atoms with E-state index in [1.807, 2.05) is 4.90 Å². The lowest BCUT2D eigenvalue weighted by Gasteiger charge is -2.24. The van der Waals surface area contributed by atoms with Gasteiger partial charge in [0.25, 0.3) is 0 Å². The Labute approximate surface area is 96.7 Å². The van der Waals surface area contributed by atoms with Crippen LogP contribution >= 0.6 is 11.6 Å². The quantitative estimate of drug-likeness (QED) is 0.695. The summed E-state index contributed by atoms with van der Waals surface area (Å²) in [6.45, 7) is 8.30. The molecule has 0 bridgehead atoms. The molecule has 1 aliphatic heterocycles. The first-order chi connectivity index (χ1) is 6.88. The Morgan fingerprint density at radius 3 is 2.73 bits per heavy atom. The van der Waals surface area contributed by atoms with E-state index in [2.05, 4.69) is 13.8 Å². The maximum absolute atomic E-state index is 11.7. The van der Waals surface area contributed by atoms with Crippen LogP contribution in [0.5, 0.6) is 0 Å². The van der Waals surface area contributed by atoms with Gasteiger partial charge in [-0.05, 0) is 12.3 Å². The van der Waals surface area contributed by atoms with E-state index in [4.69, 9.17) is 16.3 Å². The van der Waals surface area contributed by atoms with Crippen molar-refractivity contribution < 1.29 is 9.53 Å². The molecule has 0 saturated carbocycles. The molecule has 15 heavy (non-hydrogen) atoms. The summed E-state index contributed by atoms with van der Waals surface area (Å²) in [5, 5.41) is -0.429. The first kappa shape index (κ1) is 12.8. The molecule has 0 aromatic rings. The van der Waals surface area contributed by atoms with Crippen molar-refractivity contribution in [3.05, 3.63) is 0 Å². The van der Waals surface area contributed by atoms with Gasteiger partial charge in [0.05, 0.1) is 6.61 Å². The lowest BCUT2D eigenvalue weighted by molar-refractivity contribution is -0.129. The van der Waals surface area contributed by atoms with Crippen molar-refractivity contribution in [2.24, 2.45) is 11.3 Å². The Kier molecular flexibility index (Phi) is 4.01. The van der Waals surface area contributed by atoms with Crippen LogP contribution in [-0.4, -0.2) is 43.0 Å². The predicted molar refractivity (Wildman–Crippen MR) is 61.0 cm³/mol. The molecule has 88 valence electrons. The van der Waals surface area contributed by atoms with Gasteiger partial charge in [0.15, 0.2) is 0 Å². The maximum Gasteiger partial charge on any atom is 0.240 e. The number of alkyl halides is 1. The van der Waals surface area contributed by atoms with Crippen LogP contribution < -0.4 is 0 Å². The van der Waals surface area contributed by atoms with Crippen molar-refractivity contribution in [3.63, 3.8) is 0 Å². The standard InChI is InChI=1S/C11H20ClNO2/c1-8(12)10(14)13-5-9(6-15-4)11(2,3)7-13/h8-9H,5-7H2,1-4H3/t8-,9+/m1/s1. The molecule has 0 spiro atoms. The van der Waals surface area contributed by atoms with Gasteiger partial charge in [-0.25, -0.2) is 0 Å². The van der Waals surface area contributed by atoms with Crippen molar-refractivity contribution in [2.45, 2.75) is 26.1 Å². The summed E-state index contributed by atoms with van der Waals surface area (Å²) in [6.07, 6.45) is 0. The number of methoxy groups -OCH3 is 1. The minimum absolute atomic E-state index is 0.0309. The molecular formula is C11H20ClNO2. The van der Waals surface area contributed by atoms with E-state index in [1.165, 1.54) is 0 Å². The number of halogens is 1. The summed E-state index contributed by atoms with van der Waals surface area (Å²) >= 11 is 5.80. The monoisotopic (exact) mass is 233 g/mol. The summed E-state index contributed by atoms with van der Waals surface area (Å²) < 4.78 is 5.18. The second-order valence-electron chi connectivity index (χ2n) is 4.98. The van der Waals surface area contributed by atoms with Crippen molar-refractivity contribution in [3.8, 4) is 0 Å². The Hall–Kier alpha value is -0.280. The van der Waals surface area contributed by atoms with Crippen LogP contribution in [-0.2, 0) is 9.53 Å². The molecule has 2 atom stereocenters. The van der Waals surface area contributed by atoms with Gasteiger partial charge in [-0.15, -0.1) is 11.6 Å². The van der Waals surface area contributed by atoms with Crippen molar-refractivity contribution in [2.75, 3.05) is 26.8 Å². The minimum Gasteiger partial charge on any atom is -0.384 e. The zero-order chi connectivity index (χ0) is 11.6. The van der Waals surface area contributed by atoms with E-state index in [-0.39, 0.29) is 11.3 Å².